The predicted octanol–water partition coefficient (Wildman–Crippen LogP) is 4.54. The molecule has 2 rings (SSSR count). The fourth-order valence-electron chi connectivity index (χ4n) is 2.00. The minimum absolute atomic E-state index is 0.485. The second-order valence-electron chi connectivity index (χ2n) is 4.83. The van der Waals surface area contributed by atoms with Crippen molar-refractivity contribution < 1.29 is 9.84 Å². The molecule has 0 saturated carbocycles. The van der Waals surface area contributed by atoms with E-state index in [4.69, 9.17) is 4.74 Å². The number of benzene rings is 2. The normalized spacial score (nSPS) is 12.2. The number of aliphatic hydroxyl groups excluding tert-OH is 1. The molecule has 0 heterocycles. The van der Waals surface area contributed by atoms with E-state index in [1.807, 2.05) is 57.2 Å². The highest BCUT2D eigenvalue weighted by Gasteiger charge is 2.12. The van der Waals surface area contributed by atoms with Crippen LogP contribution in [-0.4, -0.2) is 5.11 Å². The summed E-state index contributed by atoms with van der Waals surface area (Å²) >= 11 is 0. The third-order valence-electron chi connectivity index (χ3n) is 3.23. The number of hydrogen-bond donors (Lipinski definition) is 1. The highest BCUT2D eigenvalue weighted by Crippen LogP contribution is 2.32. The van der Waals surface area contributed by atoms with E-state index < -0.39 is 6.10 Å². The first kappa shape index (κ1) is 13.6. The lowest BCUT2D eigenvalue weighted by atomic mass is 10.1. The Kier molecular flexibility index (Phi) is 4.23. The van der Waals surface area contributed by atoms with Crippen molar-refractivity contribution in [1.29, 1.82) is 0 Å². The van der Waals surface area contributed by atoms with Gasteiger partial charge in [-0.3, -0.25) is 0 Å². The number of rotatable bonds is 4. The minimum Gasteiger partial charge on any atom is -0.457 e. The van der Waals surface area contributed by atoms with Crippen LogP contribution in [0.5, 0.6) is 11.5 Å². The molecule has 0 radical (unpaired) electrons. The molecule has 0 fully saturated rings. The summed E-state index contributed by atoms with van der Waals surface area (Å²) in [6.07, 6.45) is 0.189. The van der Waals surface area contributed by atoms with Gasteiger partial charge in [-0.05, 0) is 43.5 Å². The summed E-state index contributed by atoms with van der Waals surface area (Å²) in [7, 11) is 0. The van der Waals surface area contributed by atoms with Gasteiger partial charge in [-0.25, -0.2) is 0 Å². The van der Waals surface area contributed by atoms with Crippen molar-refractivity contribution in [3.05, 3.63) is 59.2 Å². The molecule has 2 aromatic rings. The van der Waals surface area contributed by atoms with Gasteiger partial charge in [0.15, 0.2) is 0 Å². The molecule has 0 aliphatic rings. The Hall–Kier alpha value is -1.80. The van der Waals surface area contributed by atoms with E-state index in [1.165, 1.54) is 0 Å². The first-order valence-electron chi connectivity index (χ1n) is 6.64. The molecule has 0 unspecified atom stereocenters. The Morgan fingerprint density at radius 1 is 1.05 bits per heavy atom. The fourth-order valence-corrected chi connectivity index (χ4v) is 2.00. The monoisotopic (exact) mass is 256 g/mol. The van der Waals surface area contributed by atoms with Gasteiger partial charge in [0.05, 0.1) is 6.10 Å². The predicted molar refractivity (Wildman–Crippen MR) is 77.7 cm³/mol. The Bertz CT molecular complexity index is 561. The highest BCUT2D eigenvalue weighted by molar-refractivity contribution is 5.43. The summed E-state index contributed by atoms with van der Waals surface area (Å²) in [4.78, 5) is 0. The average molecular weight is 256 g/mol. The van der Waals surface area contributed by atoms with Crippen LogP contribution in [0.25, 0.3) is 0 Å². The number of ether oxygens (including phenoxy) is 1. The molecule has 19 heavy (non-hydrogen) atoms. The van der Waals surface area contributed by atoms with Gasteiger partial charge in [0.1, 0.15) is 11.5 Å². The van der Waals surface area contributed by atoms with E-state index in [1.54, 1.807) is 0 Å². The Morgan fingerprint density at radius 3 is 2.53 bits per heavy atom. The van der Waals surface area contributed by atoms with Crippen molar-refractivity contribution in [3.63, 3.8) is 0 Å². The van der Waals surface area contributed by atoms with E-state index in [9.17, 15) is 5.11 Å². The second-order valence-corrected chi connectivity index (χ2v) is 4.83. The summed E-state index contributed by atoms with van der Waals surface area (Å²) < 4.78 is 5.98. The lowest BCUT2D eigenvalue weighted by Gasteiger charge is -2.16. The number of aryl methyl sites for hydroxylation is 2. The van der Waals surface area contributed by atoms with Gasteiger partial charge in [-0.15, -0.1) is 0 Å². The van der Waals surface area contributed by atoms with Crippen LogP contribution in [0.2, 0.25) is 0 Å². The molecule has 2 nitrogen and oxygen atoms in total. The van der Waals surface area contributed by atoms with Crippen LogP contribution >= 0.6 is 0 Å². The van der Waals surface area contributed by atoms with E-state index >= 15 is 0 Å². The third-order valence-corrected chi connectivity index (χ3v) is 3.23. The first-order chi connectivity index (χ1) is 9.11. The van der Waals surface area contributed by atoms with Crippen molar-refractivity contribution in [1.82, 2.24) is 0 Å². The molecule has 100 valence electrons. The molecule has 0 saturated heterocycles. The van der Waals surface area contributed by atoms with E-state index in [-0.39, 0.29) is 0 Å². The largest absolute Gasteiger partial charge is 0.457 e. The topological polar surface area (TPSA) is 29.5 Å². The van der Waals surface area contributed by atoms with Crippen molar-refractivity contribution in [3.8, 4) is 11.5 Å². The zero-order chi connectivity index (χ0) is 13.8. The van der Waals surface area contributed by atoms with Crippen LogP contribution in [0.15, 0.2) is 42.5 Å². The van der Waals surface area contributed by atoms with E-state index in [0.717, 1.165) is 28.2 Å². The van der Waals surface area contributed by atoms with Crippen LogP contribution in [0, 0.1) is 13.8 Å². The van der Waals surface area contributed by atoms with Gasteiger partial charge in [-0.1, -0.05) is 37.3 Å². The summed E-state index contributed by atoms with van der Waals surface area (Å²) in [5, 5.41) is 10.0. The standard InChI is InChI=1S/C17H20O2/c1-4-15(18)14-7-5-6-8-16(14)19-17-11-12(2)9-10-13(17)3/h5-11,15,18H,4H2,1-3H3/t15-/m0/s1. The first-order valence-corrected chi connectivity index (χ1v) is 6.64. The smallest absolute Gasteiger partial charge is 0.133 e. The Morgan fingerprint density at radius 2 is 1.79 bits per heavy atom. The highest BCUT2D eigenvalue weighted by atomic mass is 16.5. The minimum atomic E-state index is -0.485. The maximum atomic E-state index is 10.0. The van der Waals surface area contributed by atoms with Crippen LogP contribution < -0.4 is 4.74 Å². The van der Waals surface area contributed by atoms with Crippen LogP contribution in [0.4, 0.5) is 0 Å². The summed E-state index contributed by atoms with van der Waals surface area (Å²) in [5.74, 6) is 1.57. The van der Waals surface area contributed by atoms with Crippen molar-refractivity contribution in [2.45, 2.75) is 33.3 Å². The van der Waals surface area contributed by atoms with Crippen LogP contribution in [0.3, 0.4) is 0 Å². The molecule has 0 aliphatic heterocycles. The lowest BCUT2D eigenvalue weighted by Crippen LogP contribution is -1.99. The summed E-state index contributed by atoms with van der Waals surface area (Å²) in [5.41, 5.74) is 3.09. The average Bonchev–Trinajstić information content (AvgIpc) is 2.42. The molecule has 2 aromatic carbocycles. The van der Waals surface area contributed by atoms with Gasteiger partial charge < -0.3 is 9.84 Å². The molecular formula is C17H20O2. The zero-order valence-electron chi connectivity index (χ0n) is 11.7. The zero-order valence-corrected chi connectivity index (χ0v) is 11.7. The third kappa shape index (κ3) is 3.15. The van der Waals surface area contributed by atoms with E-state index in [2.05, 4.69) is 6.07 Å². The molecule has 0 aromatic heterocycles. The fraction of sp³-hybridized carbons (Fsp3) is 0.294. The van der Waals surface area contributed by atoms with E-state index in [0.29, 0.717) is 6.42 Å². The maximum Gasteiger partial charge on any atom is 0.133 e. The molecule has 1 N–H and O–H groups in total. The van der Waals surface area contributed by atoms with Crippen molar-refractivity contribution >= 4 is 0 Å². The van der Waals surface area contributed by atoms with Gasteiger partial charge >= 0.3 is 0 Å². The molecule has 0 amide bonds. The molecule has 1 atom stereocenters. The number of para-hydroxylation sites is 1. The molecule has 0 spiro atoms. The Balaban J connectivity index is 2.35. The number of aliphatic hydroxyl groups is 1. The number of hydrogen-bond acceptors (Lipinski definition) is 2. The van der Waals surface area contributed by atoms with Gasteiger partial charge in [0.25, 0.3) is 0 Å². The van der Waals surface area contributed by atoms with Crippen molar-refractivity contribution in [2.24, 2.45) is 0 Å². The van der Waals surface area contributed by atoms with Crippen molar-refractivity contribution in [2.75, 3.05) is 0 Å². The quantitative estimate of drug-likeness (QED) is 0.870. The summed E-state index contributed by atoms with van der Waals surface area (Å²) in [6, 6.07) is 13.8. The molecule has 0 aliphatic carbocycles. The molecular weight excluding hydrogens is 236 g/mol. The van der Waals surface area contributed by atoms with Gasteiger partial charge in [-0.2, -0.15) is 0 Å². The molecule has 2 heteroatoms. The Labute approximate surface area is 114 Å². The summed E-state index contributed by atoms with van der Waals surface area (Å²) in [6.45, 7) is 6.02. The molecule has 0 bridgehead atoms. The second kappa shape index (κ2) is 5.89. The lowest BCUT2D eigenvalue weighted by molar-refractivity contribution is 0.170. The van der Waals surface area contributed by atoms with Gasteiger partial charge in [0, 0.05) is 5.56 Å². The van der Waals surface area contributed by atoms with Crippen LogP contribution in [-0.2, 0) is 0 Å². The van der Waals surface area contributed by atoms with Crippen LogP contribution in [0.1, 0.15) is 36.1 Å². The SMILES string of the molecule is CC[C@H](O)c1ccccc1Oc1cc(C)ccc1C. The maximum absolute atomic E-state index is 10.0. The van der Waals surface area contributed by atoms with Gasteiger partial charge in [0.2, 0.25) is 0 Å².